The number of hydrogen-bond acceptors (Lipinski definition) is 4. The predicted octanol–water partition coefficient (Wildman–Crippen LogP) is 2.15. The molecule has 1 unspecified atom stereocenters. The van der Waals surface area contributed by atoms with Crippen molar-refractivity contribution < 1.29 is 14.7 Å². The van der Waals surface area contributed by atoms with E-state index in [0.29, 0.717) is 30.8 Å². The number of hydrogen-bond donors (Lipinski definition) is 2. The maximum Gasteiger partial charge on any atom is 0.254 e. The van der Waals surface area contributed by atoms with Gasteiger partial charge >= 0.3 is 0 Å². The highest BCUT2D eigenvalue weighted by molar-refractivity contribution is 5.95. The summed E-state index contributed by atoms with van der Waals surface area (Å²) in [4.78, 5) is 28.9. The lowest BCUT2D eigenvalue weighted by Gasteiger charge is -2.30. The second-order valence-electron chi connectivity index (χ2n) is 7.14. The molecule has 1 saturated heterocycles. The van der Waals surface area contributed by atoms with Gasteiger partial charge in [-0.25, -0.2) is 0 Å². The quantitative estimate of drug-likeness (QED) is 0.814. The van der Waals surface area contributed by atoms with Crippen LogP contribution in [-0.2, 0) is 4.79 Å². The summed E-state index contributed by atoms with van der Waals surface area (Å²) in [5, 5.41) is 12.7. The summed E-state index contributed by atoms with van der Waals surface area (Å²) in [5.74, 6) is 0.160. The minimum atomic E-state index is -0.0278. The van der Waals surface area contributed by atoms with E-state index in [4.69, 9.17) is 0 Å². The predicted molar refractivity (Wildman–Crippen MR) is 102 cm³/mol. The van der Waals surface area contributed by atoms with E-state index in [0.717, 1.165) is 32.2 Å². The van der Waals surface area contributed by atoms with Crippen molar-refractivity contribution in [1.82, 2.24) is 15.1 Å². The Kier molecular flexibility index (Phi) is 7.45. The molecule has 2 amide bonds. The molecule has 0 radical (unpaired) electrons. The molecule has 0 aliphatic carbocycles. The van der Waals surface area contributed by atoms with Gasteiger partial charge in [0, 0.05) is 24.7 Å². The number of nitrogens with zero attached hydrogens (tertiary/aromatic N) is 2. The molecule has 0 aromatic heterocycles. The van der Waals surface area contributed by atoms with Gasteiger partial charge in [0.2, 0.25) is 5.91 Å². The van der Waals surface area contributed by atoms with Crippen LogP contribution in [0.4, 0.5) is 0 Å². The number of amides is 2. The van der Waals surface area contributed by atoms with E-state index < -0.39 is 0 Å². The zero-order valence-electron chi connectivity index (χ0n) is 16.1. The first-order valence-corrected chi connectivity index (χ1v) is 9.48. The molecule has 6 nitrogen and oxygen atoms in total. The summed E-state index contributed by atoms with van der Waals surface area (Å²) in [5.41, 5.74) is 1.28. The maximum absolute atomic E-state index is 13.0. The van der Waals surface area contributed by atoms with Crippen LogP contribution in [0.5, 0.6) is 5.75 Å². The third-order valence-electron chi connectivity index (χ3n) is 5.07. The first-order chi connectivity index (χ1) is 12.4. The number of likely N-dealkylation sites (tertiary alicyclic amines) is 1. The van der Waals surface area contributed by atoms with Crippen molar-refractivity contribution >= 4 is 11.8 Å². The zero-order valence-corrected chi connectivity index (χ0v) is 16.1. The second-order valence-corrected chi connectivity index (χ2v) is 7.14. The SMILES string of the molecule is CCN(C)CC(=O)NCC1CCCCCN1C(=O)c1ccc(O)c(C)c1. The number of aromatic hydroxyl groups is 1. The van der Waals surface area contributed by atoms with Gasteiger partial charge in [-0.2, -0.15) is 0 Å². The molecular formula is C20H31N3O3. The first-order valence-electron chi connectivity index (χ1n) is 9.48. The number of benzene rings is 1. The van der Waals surface area contributed by atoms with Crippen molar-refractivity contribution in [3.05, 3.63) is 29.3 Å². The molecule has 0 spiro atoms. The number of phenols is 1. The fourth-order valence-electron chi connectivity index (χ4n) is 3.26. The first kappa shape index (κ1) is 20.2. The Morgan fingerprint density at radius 2 is 2.08 bits per heavy atom. The highest BCUT2D eigenvalue weighted by Gasteiger charge is 2.27. The standard InChI is InChI=1S/C20H31N3O3/c1-4-22(3)14-19(25)21-13-17-8-6-5-7-11-23(17)20(26)16-9-10-18(24)15(2)12-16/h9-10,12,17,24H,4-8,11,13-14H2,1-3H3,(H,21,25). The molecule has 1 fully saturated rings. The molecule has 26 heavy (non-hydrogen) atoms. The lowest BCUT2D eigenvalue weighted by molar-refractivity contribution is -0.122. The van der Waals surface area contributed by atoms with Crippen LogP contribution in [-0.4, -0.2) is 66.0 Å². The number of aryl methyl sites for hydroxylation is 1. The Bertz CT molecular complexity index is 633. The third-order valence-corrected chi connectivity index (χ3v) is 5.07. The van der Waals surface area contributed by atoms with E-state index in [1.807, 2.05) is 23.8 Å². The number of carbonyl (C=O) groups excluding carboxylic acids is 2. The Morgan fingerprint density at radius 1 is 1.31 bits per heavy atom. The molecule has 2 rings (SSSR count). The van der Waals surface area contributed by atoms with Crippen molar-refractivity contribution in [1.29, 1.82) is 0 Å². The smallest absolute Gasteiger partial charge is 0.254 e. The van der Waals surface area contributed by atoms with Crippen LogP contribution >= 0.6 is 0 Å². The van der Waals surface area contributed by atoms with Gasteiger partial charge in [0.1, 0.15) is 5.75 Å². The van der Waals surface area contributed by atoms with Crippen molar-refractivity contribution in [2.75, 3.05) is 33.2 Å². The van der Waals surface area contributed by atoms with Crippen LogP contribution in [0.1, 0.15) is 48.5 Å². The van der Waals surface area contributed by atoms with Gasteiger partial charge in [-0.3, -0.25) is 14.5 Å². The second kappa shape index (κ2) is 9.57. The number of rotatable bonds is 6. The van der Waals surface area contributed by atoms with E-state index in [-0.39, 0.29) is 23.6 Å². The summed E-state index contributed by atoms with van der Waals surface area (Å²) in [6.45, 7) is 6.18. The molecule has 1 aliphatic heterocycles. The fourth-order valence-corrected chi connectivity index (χ4v) is 3.26. The molecular weight excluding hydrogens is 330 g/mol. The van der Waals surface area contributed by atoms with Crippen molar-refractivity contribution in [2.45, 2.75) is 45.6 Å². The Morgan fingerprint density at radius 3 is 2.77 bits per heavy atom. The molecule has 144 valence electrons. The summed E-state index contributed by atoms with van der Waals surface area (Å²) in [6, 6.07) is 4.98. The molecule has 1 aliphatic rings. The minimum absolute atomic E-state index is 0.00789. The third kappa shape index (κ3) is 5.46. The number of carbonyl (C=O) groups is 2. The molecule has 1 aromatic rings. The molecule has 1 heterocycles. The number of likely N-dealkylation sites (N-methyl/N-ethyl adjacent to an activating group) is 1. The van der Waals surface area contributed by atoms with Gasteiger partial charge < -0.3 is 15.3 Å². The van der Waals surface area contributed by atoms with E-state index in [1.54, 1.807) is 25.1 Å². The van der Waals surface area contributed by atoms with Gasteiger partial charge in [0.05, 0.1) is 6.54 Å². The largest absolute Gasteiger partial charge is 0.508 e. The van der Waals surface area contributed by atoms with Crippen LogP contribution < -0.4 is 5.32 Å². The monoisotopic (exact) mass is 361 g/mol. The van der Waals surface area contributed by atoms with E-state index in [2.05, 4.69) is 5.32 Å². The van der Waals surface area contributed by atoms with Crippen LogP contribution in [0.3, 0.4) is 0 Å². The minimum Gasteiger partial charge on any atom is -0.508 e. The highest BCUT2D eigenvalue weighted by Crippen LogP contribution is 2.22. The summed E-state index contributed by atoms with van der Waals surface area (Å²) in [6.07, 6.45) is 4.04. The molecule has 0 bridgehead atoms. The number of nitrogens with one attached hydrogen (secondary N) is 1. The molecule has 1 atom stereocenters. The fraction of sp³-hybridized carbons (Fsp3) is 0.600. The lowest BCUT2D eigenvalue weighted by atomic mass is 10.1. The summed E-state index contributed by atoms with van der Waals surface area (Å²) >= 11 is 0. The van der Waals surface area contributed by atoms with Gasteiger partial charge in [-0.05, 0) is 57.1 Å². The lowest BCUT2D eigenvalue weighted by Crippen LogP contribution is -2.48. The van der Waals surface area contributed by atoms with E-state index in [1.165, 1.54) is 0 Å². The van der Waals surface area contributed by atoms with Crippen LogP contribution in [0.2, 0.25) is 0 Å². The molecule has 1 aromatic carbocycles. The molecule has 2 N–H and O–H groups in total. The van der Waals surface area contributed by atoms with Crippen molar-refractivity contribution in [3.63, 3.8) is 0 Å². The van der Waals surface area contributed by atoms with Crippen LogP contribution in [0.25, 0.3) is 0 Å². The van der Waals surface area contributed by atoms with Gasteiger partial charge in [-0.15, -0.1) is 0 Å². The molecule has 0 saturated carbocycles. The van der Waals surface area contributed by atoms with Crippen LogP contribution in [0, 0.1) is 6.92 Å². The van der Waals surface area contributed by atoms with E-state index in [9.17, 15) is 14.7 Å². The number of phenolic OH excluding ortho intramolecular Hbond substituents is 1. The maximum atomic E-state index is 13.0. The van der Waals surface area contributed by atoms with Crippen LogP contribution in [0.15, 0.2) is 18.2 Å². The Balaban J connectivity index is 2.06. The van der Waals surface area contributed by atoms with Crippen molar-refractivity contribution in [3.8, 4) is 5.75 Å². The van der Waals surface area contributed by atoms with Gasteiger partial charge in [0.25, 0.3) is 5.91 Å². The normalized spacial score (nSPS) is 17.8. The summed E-state index contributed by atoms with van der Waals surface area (Å²) < 4.78 is 0. The van der Waals surface area contributed by atoms with Crippen molar-refractivity contribution in [2.24, 2.45) is 0 Å². The highest BCUT2D eigenvalue weighted by atomic mass is 16.3. The Labute approximate surface area is 156 Å². The van der Waals surface area contributed by atoms with Gasteiger partial charge in [-0.1, -0.05) is 19.8 Å². The molecule has 6 heteroatoms. The van der Waals surface area contributed by atoms with Gasteiger partial charge in [0.15, 0.2) is 0 Å². The average molecular weight is 361 g/mol. The zero-order chi connectivity index (χ0) is 19.1. The Hall–Kier alpha value is -2.08. The topological polar surface area (TPSA) is 72.9 Å². The summed E-state index contributed by atoms with van der Waals surface area (Å²) in [7, 11) is 1.91. The average Bonchev–Trinajstić information content (AvgIpc) is 2.87. The van der Waals surface area contributed by atoms with E-state index >= 15 is 0 Å².